The molecular weight excluding hydrogens is 322 g/mol. The fraction of sp³-hybridized carbons (Fsp3) is 0.333. The van der Waals surface area contributed by atoms with E-state index in [1.54, 1.807) is 22.9 Å². The molecule has 2 aromatic rings. The Bertz CT molecular complexity index is 681. The lowest BCUT2D eigenvalue weighted by molar-refractivity contribution is 0.0883. The molecule has 0 saturated carbocycles. The highest BCUT2D eigenvalue weighted by atomic mass is 32.2. The predicted molar refractivity (Wildman–Crippen MR) is 96.1 cm³/mol. The third-order valence-corrected chi connectivity index (χ3v) is 4.90. The normalized spacial score (nSPS) is 17.5. The Morgan fingerprint density at radius 2 is 2.25 bits per heavy atom. The summed E-state index contributed by atoms with van der Waals surface area (Å²) in [6, 6.07) is 13.5. The van der Waals surface area contributed by atoms with E-state index in [0.717, 1.165) is 34.9 Å². The molecule has 2 heterocycles. The molecule has 2 N–H and O–H groups in total. The zero-order chi connectivity index (χ0) is 16.8. The first-order valence-electron chi connectivity index (χ1n) is 8.07. The third-order valence-electron chi connectivity index (χ3n) is 3.89. The Morgan fingerprint density at radius 1 is 1.33 bits per heavy atom. The highest BCUT2D eigenvalue weighted by Gasteiger charge is 2.21. The molecule has 1 aliphatic heterocycles. The fourth-order valence-corrected chi connectivity index (χ4v) is 3.47. The SMILES string of the molecule is O=C(Nc1cccc(CSc2ccccn2)c1)N1CCC[C@H](O)C1. The molecule has 3 rings (SSSR count). The second-order valence-corrected chi connectivity index (χ2v) is 6.82. The van der Waals surface area contributed by atoms with Crippen LogP contribution in [0.3, 0.4) is 0 Å². The number of hydrogen-bond acceptors (Lipinski definition) is 4. The fourth-order valence-electron chi connectivity index (χ4n) is 2.67. The first-order valence-corrected chi connectivity index (χ1v) is 9.06. The summed E-state index contributed by atoms with van der Waals surface area (Å²) < 4.78 is 0. The van der Waals surface area contributed by atoms with E-state index in [1.807, 2.05) is 42.5 Å². The molecule has 0 unspecified atom stereocenters. The molecule has 1 aliphatic rings. The molecule has 5 nitrogen and oxygen atoms in total. The minimum absolute atomic E-state index is 0.150. The number of nitrogens with one attached hydrogen (secondary N) is 1. The number of β-amino-alcohol motifs (C(OH)–C–C–N with tert-alkyl or cyclic N) is 1. The zero-order valence-electron chi connectivity index (χ0n) is 13.4. The Balaban J connectivity index is 1.57. The quantitative estimate of drug-likeness (QED) is 0.836. The molecule has 2 amide bonds. The van der Waals surface area contributed by atoms with Crippen molar-refractivity contribution in [1.82, 2.24) is 9.88 Å². The first kappa shape index (κ1) is 16.8. The minimum Gasteiger partial charge on any atom is -0.391 e. The zero-order valence-corrected chi connectivity index (χ0v) is 14.2. The number of piperidine rings is 1. The van der Waals surface area contributed by atoms with Crippen molar-refractivity contribution in [1.29, 1.82) is 0 Å². The standard InChI is InChI=1S/C18H21N3O2S/c22-16-7-4-10-21(12-16)18(23)20-15-6-3-5-14(11-15)13-24-17-8-1-2-9-19-17/h1-3,5-6,8-9,11,16,22H,4,7,10,12-13H2,(H,20,23)/t16-/m0/s1. The number of carbonyl (C=O) groups excluding carboxylic acids is 1. The average Bonchev–Trinajstić information content (AvgIpc) is 2.61. The molecule has 1 saturated heterocycles. The minimum atomic E-state index is -0.411. The summed E-state index contributed by atoms with van der Waals surface area (Å²) in [5, 5.41) is 13.6. The van der Waals surface area contributed by atoms with E-state index >= 15 is 0 Å². The van der Waals surface area contributed by atoms with Gasteiger partial charge in [-0.25, -0.2) is 9.78 Å². The average molecular weight is 343 g/mol. The van der Waals surface area contributed by atoms with Crippen LogP contribution in [0.15, 0.2) is 53.7 Å². The maximum Gasteiger partial charge on any atom is 0.321 e. The van der Waals surface area contributed by atoms with Crippen LogP contribution in [-0.2, 0) is 5.75 Å². The van der Waals surface area contributed by atoms with Crippen LogP contribution in [0.4, 0.5) is 10.5 Å². The van der Waals surface area contributed by atoms with Gasteiger partial charge in [0.05, 0.1) is 11.1 Å². The molecular formula is C18H21N3O2S. The van der Waals surface area contributed by atoms with Crippen molar-refractivity contribution in [2.24, 2.45) is 0 Å². The molecule has 6 heteroatoms. The summed E-state index contributed by atoms with van der Waals surface area (Å²) in [5.41, 5.74) is 1.90. The molecule has 1 atom stereocenters. The van der Waals surface area contributed by atoms with Crippen molar-refractivity contribution in [2.75, 3.05) is 18.4 Å². The maximum absolute atomic E-state index is 12.3. The van der Waals surface area contributed by atoms with Crippen molar-refractivity contribution in [3.8, 4) is 0 Å². The van der Waals surface area contributed by atoms with E-state index in [4.69, 9.17) is 0 Å². The van der Waals surface area contributed by atoms with Crippen LogP contribution in [0.2, 0.25) is 0 Å². The van der Waals surface area contributed by atoms with Crippen LogP contribution in [-0.4, -0.2) is 40.2 Å². The lowest BCUT2D eigenvalue weighted by atomic mass is 10.1. The lowest BCUT2D eigenvalue weighted by Crippen LogP contribution is -2.44. The summed E-state index contributed by atoms with van der Waals surface area (Å²) in [6.07, 6.45) is 2.98. The molecule has 1 fully saturated rings. The highest BCUT2D eigenvalue weighted by Crippen LogP contribution is 2.22. The van der Waals surface area contributed by atoms with Gasteiger partial charge in [0.25, 0.3) is 0 Å². The summed E-state index contributed by atoms with van der Waals surface area (Å²) >= 11 is 1.66. The Labute approximate surface area is 146 Å². The number of thioether (sulfide) groups is 1. The second-order valence-electron chi connectivity index (χ2n) is 5.83. The van der Waals surface area contributed by atoms with Crippen LogP contribution >= 0.6 is 11.8 Å². The number of benzene rings is 1. The molecule has 0 radical (unpaired) electrons. The predicted octanol–water partition coefficient (Wildman–Crippen LogP) is 3.36. The van der Waals surface area contributed by atoms with E-state index in [-0.39, 0.29) is 6.03 Å². The maximum atomic E-state index is 12.3. The number of amides is 2. The van der Waals surface area contributed by atoms with Gasteiger partial charge in [0, 0.05) is 30.7 Å². The number of rotatable bonds is 4. The number of urea groups is 1. The van der Waals surface area contributed by atoms with Crippen LogP contribution in [0.5, 0.6) is 0 Å². The number of aromatic nitrogens is 1. The smallest absolute Gasteiger partial charge is 0.321 e. The highest BCUT2D eigenvalue weighted by molar-refractivity contribution is 7.98. The van der Waals surface area contributed by atoms with E-state index in [9.17, 15) is 9.90 Å². The van der Waals surface area contributed by atoms with Crippen molar-refractivity contribution >= 4 is 23.5 Å². The molecule has 126 valence electrons. The monoisotopic (exact) mass is 343 g/mol. The van der Waals surface area contributed by atoms with E-state index < -0.39 is 6.10 Å². The van der Waals surface area contributed by atoms with Crippen LogP contribution in [0, 0.1) is 0 Å². The van der Waals surface area contributed by atoms with Crippen molar-refractivity contribution in [3.63, 3.8) is 0 Å². The number of aliphatic hydroxyl groups excluding tert-OH is 1. The number of nitrogens with zero attached hydrogens (tertiary/aromatic N) is 2. The van der Waals surface area contributed by atoms with Crippen LogP contribution in [0.1, 0.15) is 18.4 Å². The molecule has 0 aliphatic carbocycles. The van der Waals surface area contributed by atoms with Gasteiger partial charge in [-0.15, -0.1) is 11.8 Å². The van der Waals surface area contributed by atoms with Gasteiger partial charge in [-0.1, -0.05) is 18.2 Å². The van der Waals surface area contributed by atoms with Crippen LogP contribution < -0.4 is 5.32 Å². The Morgan fingerprint density at radius 3 is 3.04 bits per heavy atom. The van der Waals surface area contributed by atoms with Gasteiger partial charge in [-0.3, -0.25) is 0 Å². The second kappa shape index (κ2) is 8.17. The number of anilines is 1. The Kier molecular flexibility index (Phi) is 5.72. The third kappa shape index (κ3) is 4.72. The van der Waals surface area contributed by atoms with Crippen molar-refractivity contribution in [2.45, 2.75) is 29.7 Å². The number of hydrogen-bond donors (Lipinski definition) is 2. The van der Waals surface area contributed by atoms with Crippen LogP contribution in [0.25, 0.3) is 0 Å². The summed E-state index contributed by atoms with van der Waals surface area (Å²) in [4.78, 5) is 18.3. The number of pyridine rings is 1. The largest absolute Gasteiger partial charge is 0.391 e. The number of likely N-dealkylation sites (tertiary alicyclic amines) is 1. The van der Waals surface area contributed by atoms with Gasteiger partial charge in [0.15, 0.2) is 0 Å². The van der Waals surface area contributed by atoms with Gasteiger partial charge in [-0.2, -0.15) is 0 Å². The van der Waals surface area contributed by atoms with Crippen molar-refractivity contribution in [3.05, 3.63) is 54.2 Å². The van der Waals surface area contributed by atoms with E-state index in [0.29, 0.717) is 13.1 Å². The first-order chi connectivity index (χ1) is 11.7. The lowest BCUT2D eigenvalue weighted by Gasteiger charge is -2.30. The molecule has 1 aromatic carbocycles. The summed E-state index contributed by atoms with van der Waals surface area (Å²) in [6.45, 7) is 1.10. The van der Waals surface area contributed by atoms with Gasteiger partial charge in [0.2, 0.25) is 0 Å². The van der Waals surface area contributed by atoms with E-state index in [2.05, 4.69) is 10.3 Å². The molecule has 1 aromatic heterocycles. The molecule has 0 bridgehead atoms. The van der Waals surface area contributed by atoms with E-state index in [1.165, 1.54) is 0 Å². The molecule has 0 spiro atoms. The van der Waals surface area contributed by atoms with Gasteiger partial charge >= 0.3 is 6.03 Å². The summed E-state index contributed by atoms with van der Waals surface area (Å²) in [5.74, 6) is 0.795. The van der Waals surface area contributed by atoms with Crippen molar-refractivity contribution < 1.29 is 9.90 Å². The van der Waals surface area contributed by atoms with Gasteiger partial charge in [0.1, 0.15) is 0 Å². The van der Waals surface area contributed by atoms with Gasteiger partial charge < -0.3 is 15.3 Å². The topological polar surface area (TPSA) is 65.5 Å². The molecule has 24 heavy (non-hydrogen) atoms. The summed E-state index contributed by atoms with van der Waals surface area (Å²) in [7, 11) is 0. The number of aliphatic hydroxyl groups is 1. The Hall–Kier alpha value is -2.05. The van der Waals surface area contributed by atoms with Gasteiger partial charge in [-0.05, 0) is 42.7 Å². The number of carbonyl (C=O) groups is 1.